The summed E-state index contributed by atoms with van der Waals surface area (Å²) in [4.78, 5) is 13.0. The Balaban J connectivity index is 1.29. The van der Waals surface area contributed by atoms with E-state index in [1.165, 1.54) is 44.9 Å². The van der Waals surface area contributed by atoms with Gasteiger partial charge in [-0.3, -0.25) is 4.79 Å². The SMILES string of the molecule is CC(C)[C@@H](C)C(=O)C[C@@H](C)[C@H]1CC[C@H]2C3=CC=C4C[C@@H](OC5CCCCO5)CC[C@]4(C)[C@H]3CC[C@]12C. The number of Topliss-reactive ketones (excluding diaryl/α,β-unsaturated/α-hetero) is 1. The molecule has 3 heteroatoms. The van der Waals surface area contributed by atoms with Crippen LogP contribution in [0.15, 0.2) is 23.3 Å². The van der Waals surface area contributed by atoms with Crippen LogP contribution in [0.1, 0.15) is 112 Å². The molecule has 5 rings (SSSR count). The van der Waals surface area contributed by atoms with Crippen molar-refractivity contribution in [2.24, 2.45) is 46.3 Å². The molecule has 5 aliphatic rings. The van der Waals surface area contributed by atoms with Crippen molar-refractivity contribution in [3.05, 3.63) is 23.3 Å². The van der Waals surface area contributed by atoms with Gasteiger partial charge in [-0.2, -0.15) is 0 Å². The lowest BCUT2D eigenvalue weighted by atomic mass is 9.50. The van der Waals surface area contributed by atoms with Crippen molar-refractivity contribution in [2.45, 2.75) is 125 Å². The zero-order valence-electron chi connectivity index (χ0n) is 24.0. The van der Waals surface area contributed by atoms with E-state index in [2.05, 4.69) is 53.7 Å². The van der Waals surface area contributed by atoms with Gasteiger partial charge >= 0.3 is 0 Å². The minimum atomic E-state index is 0.0200. The van der Waals surface area contributed by atoms with Crippen LogP contribution in [0.3, 0.4) is 0 Å². The smallest absolute Gasteiger partial charge is 0.157 e. The van der Waals surface area contributed by atoms with E-state index >= 15 is 0 Å². The highest BCUT2D eigenvalue weighted by Gasteiger charge is 2.57. The van der Waals surface area contributed by atoms with Gasteiger partial charge in [0.05, 0.1) is 6.10 Å². The molecular weight excluding hydrogens is 444 g/mol. The van der Waals surface area contributed by atoms with Crippen molar-refractivity contribution in [1.29, 1.82) is 0 Å². The Bertz CT molecular complexity index is 879. The van der Waals surface area contributed by atoms with Crippen LogP contribution in [0.25, 0.3) is 0 Å². The fourth-order valence-electron chi connectivity index (χ4n) is 9.11. The van der Waals surface area contributed by atoms with Crippen LogP contribution in [-0.4, -0.2) is 24.8 Å². The molecule has 0 N–H and O–H groups in total. The highest BCUT2D eigenvalue weighted by Crippen LogP contribution is 2.66. The fourth-order valence-corrected chi connectivity index (χ4v) is 9.11. The summed E-state index contributed by atoms with van der Waals surface area (Å²) in [6.07, 6.45) is 18.3. The summed E-state index contributed by atoms with van der Waals surface area (Å²) in [5.41, 5.74) is 4.03. The standard InChI is InChI=1S/C33H52O3/c1-21(2)23(4)30(34)19-22(3)27-12-13-28-26-11-10-24-20-25(36-31-9-7-8-18-35-31)14-16-32(24,5)29(26)15-17-33(27,28)6/h10-11,21-23,25,27-29,31H,7-9,12-20H2,1-6H3/t22-,23-,25+,27-,28+,29+,31?,32+,33-/m1/s1. The summed E-state index contributed by atoms with van der Waals surface area (Å²) >= 11 is 0. The number of hydrogen-bond acceptors (Lipinski definition) is 3. The molecule has 36 heavy (non-hydrogen) atoms. The second-order valence-corrected chi connectivity index (χ2v) is 14.1. The third kappa shape index (κ3) is 4.70. The molecule has 0 aromatic carbocycles. The van der Waals surface area contributed by atoms with Gasteiger partial charge in [-0.1, -0.05) is 64.8 Å². The quantitative estimate of drug-likeness (QED) is 0.356. The molecule has 202 valence electrons. The van der Waals surface area contributed by atoms with E-state index in [4.69, 9.17) is 9.47 Å². The Morgan fingerprint density at radius 1 is 1.00 bits per heavy atom. The number of allylic oxidation sites excluding steroid dienone is 3. The summed E-state index contributed by atoms with van der Waals surface area (Å²) in [5.74, 6) is 3.65. The Morgan fingerprint density at radius 3 is 2.53 bits per heavy atom. The predicted molar refractivity (Wildman–Crippen MR) is 146 cm³/mol. The van der Waals surface area contributed by atoms with Gasteiger partial charge in [-0.25, -0.2) is 0 Å². The van der Waals surface area contributed by atoms with Crippen LogP contribution in [0.2, 0.25) is 0 Å². The number of hydrogen-bond donors (Lipinski definition) is 0. The summed E-state index contributed by atoms with van der Waals surface area (Å²) in [6, 6.07) is 0. The number of carbonyl (C=O) groups excluding carboxylic acids is 1. The maximum absolute atomic E-state index is 13.0. The molecule has 1 aliphatic heterocycles. The third-order valence-corrected chi connectivity index (χ3v) is 11.8. The molecule has 1 heterocycles. The second kappa shape index (κ2) is 10.3. The fraction of sp³-hybridized carbons (Fsp3) is 0.848. The highest BCUT2D eigenvalue weighted by atomic mass is 16.7. The average molecular weight is 497 g/mol. The Kier molecular flexibility index (Phi) is 7.65. The Morgan fingerprint density at radius 2 is 1.81 bits per heavy atom. The minimum Gasteiger partial charge on any atom is -0.353 e. The normalized spacial score (nSPS) is 42.0. The van der Waals surface area contributed by atoms with E-state index in [1.54, 1.807) is 11.1 Å². The van der Waals surface area contributed by atoms with Crippen molar-refractivity contribution in [3.63, 3.8) is 0 Å². The third-order valence-electron chi connectivity index (χ3n) is 11.8. The van der Waals surface area contributed by atoms with Gasteiger partial charge in [0.15, 0.2) is 6.29 Å². The highest BCUT2D eigenvalue weighted by molar-refractivity contribution is 5.81. The molecule has 0 spiro atoms. The van der Waals surface area contributed by atoms with E-state index in [0.717, 1.165) is 32.3 Å². The molecular formula is C33H52O3. The molecule has 4 aliphatic carbocycles. The molecule has 3 saturated carbocycles. The van der Waals surface area contributed by atoms with Crippen LogP contribution >= 0.6 is 0 Å². The van der Waals surface area contributed by atoms with Crippen LogP contribution in [0.5, 0.6) is 0 Å². The van der Waals surface area contributed by atoms with E-state index in [0.29, 0.717) is 52.3 Å². The van der Waals surface area contributed by atoms with Gasteiger partial charge in [-0.15, -0.1) is 0 Å². The predicted octanol–water partition coefficient (Wildman–Crippen LogP) is 8.28. The first-order chi connectivity index (χ1) is 17.1. The lowest BCUT2D eigenvalue weighted by molar-refractivity contribution is -0.193. The zero-order chi connectivity index (χ0) is 25.7. The summed E-state index contributed by atoms with van der Waals surface area (Å²) < 4.78 is 12.3. The van der Waals surface area contributed by atoms with Gasteiger partial charge in [0.25, 0.3) is 0 Å². The van der Waals surface area contributed by atoms with Gasteiger partial charge in [-0.05, 0) is 105 Å². The van der Waals surface area contributed by atoms with E-state index in [9.17, 15) is 4.79 Å². The number of ketones is 1. The second-order valence-electron chi connectivity index (χ2n) is 14.1. The molecule has 4 fully saturated rings. The first kappa shape index (κ1) is 26.7. The lowest BCUT2D eigenvalue weighted by Crippen LogP contribution is -2.47. The molecule has 3 nitrogen and oxygen atoms in total. The molecule has 0 aromatic heterocycles. The number of fused-ring (bicyclic) bond motifs is 5. The lowest BCUT2D eigenvalue weighted by Gasteiger charge is -2.55. The van der Waals surface area contributed by atoms with Gasteiger partial charge in [0.1, 0.15) is 5.78 Å². The summed E-state index contributed by atoms with van der Waals surface area (Å²) in [5, 5.41) is 0. The number of ether oxygens (including phenoxy) is 2. The van der Waals surface area contributed by atoms with Gasteiger partial charge < -0.3 is 9.47 Å². The molecule has 0 amide bonds. The average Bonchev–Trinajstić information content (AvgIpc) is 3.21. The largest absolute Gasteiger partial charge is 0.353 e. The topological polar surface area (TPSA) is 35.5 Å². The van der Waals surface area contributed by atoms with Gasteiger partial charge in [0, 0.05) is 18.9 Å². The van der Waals surface area contributed by atoms with Crippen LogP contribution in [0, 0.1) is 46.3 Å². The molecule has 0 radical (unpaired) electrons. The van der Waals surface area contributed by atoms with E-state index in [-0.39, 0.29) is 12.2 Å². The minimum absolute atomic E-state index is 0.0200. The maximum Gasteiger partial charge on any atom is 0.157 e. The number of carbonyl (C=O) groups is 1. The van der Waals surface area contributed by atoms with Crippen LogP contribution in [0.4, 0.5) is 0 Å². The van der Waals surface area contributed by atoms with Crippen molar-refractivity contribution in [3.8, 4) is 0 Å². The van der Waals surface area contributed by atoms with Crippen molar-refractivity contribution in [2.75, 3.05) is 6.61 Å². The summed E-state index contributed by atoms with van der Waals surface area (Å²) in [7, 11) is 0. The molecule has 0 bridgehead atoms. The van der Waals surface area contributed by atoms with Crippen LogP contribution < -0.4 is 0 Å². The molecule has 1 unspecified atom stereocenters. The molecule has 1 saturated heterocycles. The Hall–Kier alpha value is -0.930. The van der Waals surface area contributed by atoms with E-state index < -0.39 is 0 Å². The summed E-state index contributed by atoms with van der Waals surface area (Å²) in [6.45, 7) is 14.9. The van der Waals surface area contributed by atoms with Crippen LogP contribution in [-0.2, 0) is 14.3 Å². The first-order valence-corrected chi connectivity index (χ1v) is 15.3. The maximum atomic E-state index is 13.0. The van der Waals surface area contributed by atoms with Gasteiger partial charge in [0.2, 0.25) is 0 Å². The first-order valence-electron chi connectivity index (χ1n) is 15.3. The van der Waals surface area contributed by atoms with Crippen molar-refractivity contribution >= 4 is 5.78 Å². The number of rotatable bonds is 7. The molecule has 9 atom stereocenters. The van der Waals surface area contributed by atoms with Crippen molar-refractivity contribution < 1.29 is 14.3 Å². The van der Waals surface area contributed by atoms with Crippen molar-refractivity contribution in [1.82, 2.24) is 0 Å². The van der Waals surface area contributed by atoms with E-state index in [1.807, 2.05) is 0 Å². The zero-order valence-corrected chi connectivity index (χ0v) is 24.0. The molecule has 0 aromatic rings. The Labute approximate surface area is 220 Å². The monoisotopic (exact) mass is 496 g/mol.